The zero-order valence-electron chi connectivity index (χ0n) is 18.6. The Morgan fingerprint density at radius 1 is 1.24 bits per heavy atom. The van der Waals surface area contributed by atoms with Gasteiger partial charge in [0.1, 0.15) is 17.2 Å². The monoisotopic (exact) mass is 478 g/mol. The molecule has 0 saturated heterocycles. The number of rotatable bonds is 6. The fraction of sp³-hybridized carbons (Fsp3) is 0.346. The minimum Gasteiger partial charge on any atom is -0.490 e. The third-order valence-corrected chi connectivity index (χ3v) is 7.56. The van der Waals surface area contributed by atoms with Gasteiger partial charge in [0.25, 0.3) is 0 Å². The third-order valence-electron chi connectivity index (χ3n) is 7.33. The van der Waals surface area contributed by atoms with Gasteiger partial charge in [-0.25, -0.2) is 9.37 Å². The second kappa shape index (κ2) is 8.24. The smallest absolute Gasteiger partial charge is 0.228 e. The van der Waals surface area contributed by atoms with Gasteiger partial charge in [0.15, 0.2) is 5.82 Å². The summed E-state index contributed by atoms with van der Waals surface area (Å²) >= 11 is 6.04. The molecule has 2 aliphatic carbocycles. The van der Waals surface area contributed by atoms with Crippen LogP contribution in [0.25, 0.3) is 16.6 Å². The summed E-state index contributed by atoms with van der Waals surface area (Å²) in [7, 11) is 0. The number of carbonyl (C=O) groups is 1. The van der Waals surface area contributed by atoms with E-state index in [4.69, 9.17) is 16.3 Å². The average Bonchev–Trinajstić information content (AvgIpc) is 3.13. The van der Waals surface area contributed by atoms with Gasteiger partial charge in [0.05, 0.1) is 22.8 Å². The van der Waals surface area contributed by atoms with Gasteiger partial charge in [-0.3, -0.25) is 9.78 Å². The molecular formula is C26H24ClFN4O2. The van der Waals surface area contributed by atoms with Crippen LogP contribution in [0, 0.1) is 29.5 Å². The molecule has 0 spiro atoms. The van der Waals surface area contributed by atoms with Gasteiger partial charge in [0, 0.05) is 23.7 Å². The van der Waals surface area contributed by atoms with E-state index in [0.717, 1.165) is 30.4 Å². The maximum atomic E-state index is 13.8. The van der Waals surface area contributed by atoms with E-state index in [1.807, 2.05) is 6.07 Å². The first-order chi connectivity index (χ1) is 16.5. The van der Waals surface area contributed by atoms with Crippen molar-refractivity contribution in [1.82, 2.24) is 14.4 Å². The molecule has 34 heavy (non-hydrogen) atoms. The Bertz CT molecular complexity index is 1390. The molecule has 0 radical (unpaired) electrons. The SMILES string of the molecule is CCC(C(=O)Nc1cn2cc(Cl)ccc2n1)C1[C@H]2CC(Oc3ccnc4ccc(F)cc34)C[C@@H]12. The number of amides is 1. The molecular weight excluding hydrogens is 455 g/mol. The highest BCUT2D eigenvalue weighted by Gasteiger charge is 2.60. The molecule has 3 aromatic heterocycles. The van der Waals surface area contributed by atoms with E-state index in [0.29, 0.717) is 39.7 Å². The summed E-state index contributed by atoms with van der Waals surface area (Å²) in [5.41, 5.74) is 1.46. The lowest BCUT2D eigenvalue weighted by Crippen LogP contribution is -2.27. The lowest BCUT2D eigenvalue weighted by molar-refractivity contribution is -0.121. The molecule has 8 heteroatoms. The molecule has 1 aromatic carbocycles. The minimum absolute atomic E-state index is 0.0180. The largest absolute Gasteiger partial charge is 0.490 e. The van der Waals surface area contributed by atoms with Crippen LogP contribution in [0.3, 0.4) is 0 Å². The lowest BCUT2D eigenvalue weighted by Gasteiger charge is -2.21. The van der Waals surface area contributed by atoms with Crippen LogP contribution in [0.2, 0.25) is 5.02 Å². The number of nitrogens with one attached hydrogen (secondary N) is 1. The zero-order valence-corrected chi connectivity index (χ0v) is 19.4. The number of imidazole rings is 1. The Kier molecular flexibility index (Phi) is 5.17. The van der Waals surface area contributed by atoms with Crippen molar-refractivity contribution in [3.8, 4) is 5.75 Å². The molecule has 3 unspecified atom stereocenters. The Morgan fingerprint density at radius 3 is 2.85 bits per heavy atom. The van der Waals surface area contributed by atoms with Gasteiger partial charge < -0.3 is 14.5 Å². The van der Waals surface area contributed by atoms with Gasteiger partial charge in [0.2, 0.25) is 5.91 Å². The summed E-state index contributed by atoms with van der Waals surface area (Å²) < 4.78 is 21.8. The highest BCUT2D eigenvalue weighted by atomic mass is 35.5. The van der Waals surface area contributed by atoms with Gasteiger partial charge >= 0.3 is 0 Å². The van der Waals surface area contributed by atoms with Gasteiger partial charge in [-0.1, -0.05) is 18.5 Å². The van der Waals surface area contributed by atoms with Crippen LogP contribution in [0.4, 0.5) is 10.2 Å². The third kappa shape index (κ3) is 3.78. The molecule has 6 rings (SSSR count). The Labute approximate surface area is 201 Å². The van der Waals surface area contributed by atoms with E-state index in [-0.39, 0.29) is 23.7 Å². The minimum atomic E-state index is -0.301. The molecule has 2 fully saturated rings. The molecule has 6 nitrogen and oxygen atoms in total. The van der Waals surface area contributed by atoms with Crippen molar-refractivity contribution < 1.29 is 13.9 Å². The van der Waals surface area contributed by atoms with Crippen LogP contribution in [-0.4, -0.2) is 26.4 Å². The van der Waals surface area contributed by atoms with Gasteiger partial charge in [-0.05, 0) is 73.4 Å². The van der Waals surface area contributed by atoms with Crippen LogP contribution < -0.4 is 10.1 Å². The molecule has 1 amide bonds. The van der Waals surface area contributed by atoms with Crippen LogP contribution in [-0.2, 0) is 4.79 Å². The van der Waals surface area contributed by atoms with Crippen LogP contribution in [0.1, 0.15) is 26.2 Å². The van der Waals surface area contributed by atoms with E-state index >= 15 is 0 Å². The Hall–Kier alpha value is -3.19. The molecule has 174 valence electrons. The predicted octanol–water partition coefficient (Wildman–Crippen LogP) is 5.74. The molecule has 4 aromatic rings. The summed E-state index contributed by atoms with van der Waals surface area (Å²) in [6.45, 7) is 2.06. The van der Waals surface area contributed by atoms with Crippen molar-refractivity contribution >= 4 is 39.9 Å². The summed E-state index contributed by atoms with van der Waals surface area (Å²) in [6.07, 6.45) is 7.91. The quantitative estimate of drug-likeness (QED) is 0.383. The standard InChI is InChI=1S/C26H24ClFN4O2/c1-2-17(26(33)31-23-13-32-12-14(27)3-6-24(32)30-23)25-18-10-16(11-19(18)25)34-22-7-8-29-21-5-4-15(28)9-20(21)22/h3-9,12-13,16-19,25H,2,10-11H2,1H3,(H,31,33)/t16?,17?,18-,19+,25?. The highest BCUT2D eigenvalue weighted by Crippen LogP contribution is 2.62. The zero-order chi connectivity index (χ0) is 23.4. The number of fused-ring (bicyclic) bond motifs is 3. The number of pyridine rings is 2. The highest BCUT2D eigenvalue weighted by molar-refractivity contribution is 6.30. The predicted molar refractivity (Wildman–Crippen MR) is 128 cm³/mol. The normalized spacial score (nSPS) is 24.2. The van der Waals surface area contributed by atoms with E-state index in [1.54, 1.807) is 41.2 Å². The topological polar surface area (TPSA) is 68.5 Å². The number of aromatic nitrogens is 3. The molecule has 0 bridgehead atoms. The van der Waals surface area contributed by atoms with Gasteiger partial charge in [-0.15, -0.1) is 0 Å². The molecule has 1 N–H and O–H groups in total. The fourth-order valence-electron chi connectivity index (χ4n) is 5.79. The van der Waals surface area contributed by atoms with Crippen molar-refractivity contribution in [2.45, 2.75) is 32.3 Å². The second-order valence-electron chi connectivity index (χ2n) is 9.33. The first-order valence-corrected chi connectivity index (χ1v) is 12.0. The molecule has 3 heterocycles. The second-order valence-corrected chi connectivity index (χ2v) is 9.77. The first-order valence-electron chi connectivity index (χ1n) is 11.7. The maximum absolute atomic E-state index is 13.8. The summed E-state index contributed by atoms with van der Waals surface area (Å²) in [5.74, 6) is 2.19. The number of hydrogen-bond acceptors (Lipinski definition) is 4. The summed E-state index contributed by atoms with van der Waals surface area (Å²) in [4.78, 5) is 21.9. The van der Waals surface area contributed by atoms with E-state index in [1.165, 1.54) is 12.1 Å². The Morgan fingerprint density at radius 2 is 2.06 bits per heavy atom. The number of ether oxygens (including phenoxy) is 1. The number of hydrogen-bond donors (Lipinski definition) is 1. The number of nitrogens with zero attached hydrogens (tertiary/aromatic N) is 3. The summed E-state index contributed by atoms with van der Waals surface area (Å²) in [6, 6.07) is 9.95. The van der Waals surface area contributed by atoms with E-state index in [2.05, 4.69) is 22.2 Å². The van der Waals surface area contributed by atoms with E-state index < -0.39 is 0 Å². The lowest BCUT2D eigenvalue weighted by atomic mass is 9.93. The molecule has 2 aliphatic rings. The van der Waals surface area contributed by atoms with Crippen molar-refractivity contribution in [1.29, 1.82) is 0 Å². The maximum Gasteiger partial charge on any atom is 0.228 e. The summed E-state index contributed by atoms with van der Waals surface area (Å²) in [5, 5.41) is 4.31. The first kappa shape index (κ1) is 21.4. The molecule has 0 aliphatic heterocycles. The number of anilines is 1. The molecule has 5 atom stereocenters. The number of halogens is 2. The van der Waals surface area contributed by atoms with Crippen molar-refractivity contribution in [2.24, 2.45) is 23.7 Å². The number of carbonyl (C=O) groups excluding carboxylic acids is 1. The number of benzene rings is 1. The van der Waals surface area contributed by atoms with Crippen LogP contribution in [0.5, 0.6) is 5.75 Å². The van der Waals surface area contributed by atoms with Crippen LogP contribution in [0.15, 0.2) is 55.0 Å². The molecule has 2 saturated carbocycles. The average molecular weight is 479 g/mol. The Balaban J connectivity index is 1.10. The van der Waals surface area contributed by atoms with Crippen molar-refractivity contribution in [3.63, 3.8) is 0 Å². The fourth-order valence-corrected chi connectivity index (χ4v) is 5.95. The van der Waals surface area contributed by atoms with Crippen molar-refractivity contribution in [2.75, 3.05) is 5.32 Å². The van der Waals surface area contributed by atoms with Gasteiger partial charge in [-0.2, -0.15) is 0 Å². The van der Waals surface area contributed by atoms with Crippen molar-refractivity contribution in [3.05, 3.63) is 65.8 Å². The van der Waals surface area contributed by atoms with Crippen LogP contribution >= 0.6 is 11.6 Å². The van der Waals surface area contributed by atoms with E-state index in [9.17, 15) is 9.18 Å².